The van der Waals surface area contributed by atoms with Gasteiger partial charge in [0.2, 0.25) is 0 Å². The fraction of sp³-hybridized carbons (Fsp3) is 0.857. The first-order valence-electron chi connectivity index (χ1n) is 9.83. The van der Waals surface area contributed by atoms with E-state index in [1.807, 2.05) is 0 Å². The zero-order chi connectivity index (χ0) is 17.3. The van der Waals surface area contributed by atoms with Crippen LogP contribution in [-0.2, 0) is 4.79 Å². The first-order valence-corrected chi connectivity index (χ1v) is 9.83. The van der Waals surface area contributed by atoms with E-state index in [9.17, 15) is 15.0 Å². The lowest BCUT2D eigenvalue weighted by molar-refractivity contribution is -0.140. The molecule has 0 bridgehead atoms. The molecule has 3 fully saturated rings. The first kappa shape index (κ1) is 16.8. The van der Waals surface area contributed by atoms with Crippen LogP contribution in [0.2, 0.25) is 0 Å². The van der Waals surface area contributed by atoms with Gasteiger partial charge in [0.15, 0.2) is 0 Å². The van der Waals surface area contributed by atoms with Crippen LogP contribution in [-0.4, -0.2) is 28.2 Å². The highest BCUT2D eigenvalue weighted by Crippen LogP contribution is 2.66. The van der Waals surface area contributed by atoms with Gasteiger partial charge < -0.3 is 10.2 Å². The first-order chi connectivity index (χ1) is 11.3. The number of Topliss-reactive ketones (excluding diaryl/α,β-unsaturated/α-hetero) is 1. The molecule has 4 aliphatic carbocycles. The lowest BCUT2D eigenvalue weighted by Gasteiger charge is -2.59. The summed E-state index contributed by atoms with van der Waals surface area (Å²) in [5.41, 5.74) is 1.39. The number of rotatable bonds is 1. The molecular weight excluding hydrogens is 300 g/mol. The minimum absolute atomic E-state index is 0.0255. The lowest BCUT2D eigenvalue weighted by atomic mass is 9.46. The second-order valence-electron chi connectivity index (χ2n) is 9.59. The maximum Gasteiger partial charge on any atom is 0.133 e. The van der Waals surface area contributed by atoms with Gasteiger partial charge in [-0.2, -0.15) is 0 Å². The summed E-state index contributed by atoms with van der Waals surface area (Å²) in [5, 5.41) is 21.3. The summed E-state index contributed by atoms with van der Waals surface area (Å²) < 4.78 is 0. The third-order valence-electron chi connectivity index (χ3n) is 8.50. The predicted molar refractivity (Wildman–Crippen MR) is 93.3 cm³/mol. The molecule has 134 valence electrons. The van der Waals surface area contributed by atoms with E-state index in [2.05, 4.69) is 19.9 Å². The fourth-order valence-electron chi connectivity index (χ4n) is 7.44. The summed E-state index contributed by atoms with van der Waals surface area (Å²) in [7, 11) is 0. The third-order valence-corrected chi connectivity index (χ3v) is 8.50. The number of ketones is 1. The summed E-state index contributed by atoms with van der Waals surface area (Å²) in [6.45, 7) is 6.33. The van der Waals surface area contributed by atoms with E-state index in [0.717, 1.165) is 44.9 Å². The number of fused-ring (bicyclic) bond motifs is 5. The molecule has 4 aliphatic rings. The van der Waals surface area contributed by atoms with Crippen molar-refractivity contribution in [1.82, 2.24) is 0 Å². The molecular formula is C21H32O3. The predicted octanol–water partition coefficient (Wildman–Crippen LogP) is 3.49. The molecule has 4 rings (SSSR count). The summed E-state index contributed by atoms with van der Waals surface area (Å²) in [4.78, 5) is 12.2. The second-order valence-corrected chi connectivity index (χ2v) is 9.59. The van der Waals surface area contributed by atoms with Crippen molar-refractivity contribution in [2.24, 2.45) is 34.5 Å². The van der Waals surface area contributed by atoms with Crippen molar-refractivity contribution in [3.05, 3.63) is 11.6 Å². The lowest BCUT2D eigenvalue weighted by Crippen LogP contribution is -2.56. The van der Waals surface area contributed by atoms with Crippen LogP contribution >= 0.6 is 0 Å². The van der Waals surface area contributed by atoms with Crippen molar-refractivity contribution in [2.75, 3.05) is 0 Å². The molecule has 3 saturated carbocycles. The number of carbonyl (C=O) groups is 1. The van der Waals surface area contributed by atoms with E-state index >= 15 is 0 Å². The molecule has 0 saturated heterocycles. The quantitative estimate of drug-likeness (QED) is 0.723. The standard InChI is InChI=1S/C21H32O3/c1-12(22)16-6-7-17-15-5-4-13-10-14(23)8-9-20(13,2)19(15)18(24)11-21(16,17)3/h4,14-19,23-24H,5-11H2,1-3H3/t14?,15-,16+,17-,18-,19+,20-,21+/m0/s1. The maximum absolute atomic E-state index is 12.2. The number of aliphatic hydroxyl groups is 2. The van der Waals surface area contributed by atoms with Crippen LogP contribution < -0.4 is 0 Å². The highest BCUT2D eigenvalue weighted by Gasteiger charge is 2.62. The van der Waals surface area contributed by atoms with Crippen molar-refractivity contribution in [3.8, 4) is 0 Å². The fourth-order valence-corrected chi connectivity index (χ4v) is 7.44. The molecule has 0 aromatic rings. The van der Waals surface area contributed by atoms with Crippen LogP contribution in [0.4, 0.5) is 0 Å². The molecule has 2 N–H and O–H groups in total. The Balaban J connectivity index is 1.71. The SMILES string of the molecule is CC(=O)[C@H]1CC[C@H]2[C@@H]3CC=C4CC(O)CC[C@]4(C)[C@H]3[C@@H](O)C[C@]12C. The molecule has 8 atom stereocenters. The van der Waals surface area contributed by atoms with Gasteiger partial charge in [0.25, 0.3) is 0 Å². The van der Waals surface area contributed by atoms with Crippen LogP contribution in [0.5, 0.6) is 0 Å². The molecule has 0 aliphatic heterocycles. The normalized spacial score (nSPS) is 53.6. The average molecular weight is 332 g/mol. The zero-order valence-corrected chi connectivity index (χ0v) is 15.3. The van der Waals surface area contributed by atoms with Crippen molar-refractivity contribution in [1.29, 1.82) is 0 Å². The number of hydrogen-bond acceptors (Lipinski definition) is 3. The maximum atomic E-state index is 12.2. The van der Waals surface area contributed by atoms with Gasteiger partial charge in [-0.3, -0.25) is 4.79 Å². The van der Waals surface area contributed by atoms with Crippen LogP contribution in [0.25, 0.3) is 0 Å². The second kappa shape index (κ2) is 5.41. The minimum atomic E-state index is -0.319. The van der Waals surface area contributed by atoms with Gasteiger partial charge in [-0.05, 0) is 80.5 Å². The molecule has 24 heavy (non-hydrogen) atoms. The van der Waals surface area contributed by atoms with Crippen molar-refractivity contribution in [2.45, 2.75) is 77.9 Å². The molecule has 0 aromatic carbocycles. The summed E-state index contributed by atoms with van der Waals surface area (Å²) >= 11 is 0. The van der Waals surface area contributed by atoms with Crippen molar-refractivity contribution < 1.29 is 15.0 Å². The van der Waals surface area contributed by atoms with E-state index in [1.54, 1.807) is 6.92 Å². The Morgan fingerprint density at radius 2 is 1.96 bits per heavy atom. The number of aliphatic hydroxyl groups excluding tert-OH is 2. The Hall–Kier alpha value is -0.670. The molecule has 0 amide bonds. The van der Waals surface area contributed by atoms with Gasteiger partial charge >= 0.3 is 0 Å². The number of hydrogen-bond donors (Lipinski definition) is 2. The van der Waals surface area contributed by atoms with Crippen LogP contribution in [0.15, 0.2) is 11.6 Å². The average Bonchev–Trinajstić information content (AvgIpc) is 2.84. The van der Waals surface area contributed by atoms with E-state index in [-0.39, 0.29) is 29.0 Å². The van der Waals surface area contributed by atoms with Gasteiger partial charge in [-0.15, -0.1) is 0 Å². The van der Waals surface area contributed by atoms with Crippen molar-refractivity contribution >= 4 is 5.78 Å². The van der Waals surface area contributed by atoms with E-state index in [0.29, 0.717) is 23.5 Å². The highest BCUT2D eigenvalue weighted by atomic mass is 16.3. The molecule has 0 radical (unpaired) electrons. The largest absolute Gasteiger partial charge is 0.393 e. The Morgan fingerprint density at radius 3 is 2.67 bits per heavy atom. The minimum Gasteiger partial charge on any atom is -0.393 e. The van der Waals surface area contributed by atoms with Gasteiger partial charge in [-0.25, -0.2) is 0 Å². The molecule has 1 unspecified atom stereocenters. The van der Waals surface area contributed by atoms with Gasteiger partial charge in [0.1, 0.15) is 5.78 Å². The number of carbonyl (C=O) groups excluding carboxylic acids is 1. The molecule has 3 heteroatoms. The Kier molecular flexibility index (Phi) is 3.78. The Bertz CT molecular complexity index is 582. The Morgan fingerprint density at radius 1 is 1.21 bits per heavy atom. The van der Waals surface area contributed by atoms with Gasteiger partial charge in [0.05, 0.1) is 12.2 Å². The molecule has 0 spiro atoms. The summed E-state index contributed by atoms with van der Waals surface area (Å²) in [6, 6.07) is 0. The van der Waals surface area contributed by atoms with Crippen molar-refractivity contribution in [3.63, 3.8) is 0 Å². The van der Waals surface area contributed by atoms with Crippen LogP contribution in [0, 0.1) is 34.5 Å². The van der Waals surface area contributed by atoms with E-state index in [4.69, 9.17) is 0 Å². The molecule has 3 nitrogen and oxygen atoms in total. The third kappa shape index (κ3) is 2.13. The summed E-state index contributed by atoms with van der Waals surface area (Å²) in [5.74, 6) is 1.79. The van der Waals surface area contributed by atoms with E-state index < -0.39 is 0 Å². The monoisotopic (exact) mass is 332 g/mol. The van der Waals surface area contributed by atoms with Crippen LogP contribution in [0.3, 0.4) is 0 Å². The number of allylic oxidation sites excluding steroid dienone is 1. The zero-order valence-electron chi connectivity index (χ0n) is 15.3. The highest BCUT2D eigenvalue weighted by molar-refractivity contribution is 5.79. The smallest absolute Gasteiger partial charge is 0.133 e. The van der Waals surface area contributed by atoms with Gasteiger partial charge in [-0.1, -0.05) is 25.5 Å². The topological polar surface area (TPSA) is 57.5 Å². The van der Waals surface area contributed by atoms with E-state index in [1.165, 1.54) is 5.57 Å². The van der Waals surface area contributed by atoms with Crippen LogP contribution in [0.1, 0.15) is 65.7 Å². The van der Waals surface area contributed by atoms with Gasteiger partial charge in [0, 0.05) is 5.92 Å². The molecule has 0 aromatic heterocycles. The molecule has 0 heterocycles. The summed E-state index contributed by atoms with van der Waals surface area (Å²) in [6.07, 6.45) is 8.39. The Labute approximate surface area is 145 Å².